The summed E-state index contributed by atoms with van der Waals surface area (Å²) in [5.41, 5.74) is 2.42. The number of rotatable bonds is 5. The Morgan fingerprint density at radius 3 is 3.00 bits per heavy atom. The molecule has 5 nitrogen and oxygen atoms in total. The SMILES string of the molecule is CCNC(=NCCc1c[nH]c2ccc(F)cc12)NC1C2CCOC2C12CCC2.I. The summed E-state index contributed by atoms with van der Waals surface area (Å²) in [6, 6.07) is 5.36. The molecule has 3 fully saturated rings. The zero-order valence-corrected chi connectivity index (χ0v) is 19.2. The lowest BCUT2D eigenvalue weighted by Crippen LogP contribution is -2.72. The molecule has 3 aliphatic rings. The molecule has 2 heterocycles. The number of halogens is 2. The first-order chi connectivity index (χ1) is 13.7. The van der Waals surface area contributed by atoms with E-state index in [1.54, 1.807) is 12.1 Å². The van der Waals surface area contributed by atoms with Crippen molar-refractivity contribution in [3.05, 3.63) is 35.8 Å². The van der Waals surface area contributed by atoms with Gasteiger partial charge in [-0.15, -0.1) is 24.0 Å². The second-order valence-corrected chi connectivity index (χ2v) is 8.47. The monoisotopic (exact) mass is 512 g/mol. The molecule has 0 amide bonds. The van der Waals surface area contributed by atoms with Crippen molar-refractivity contribution in [3.63, 3.8) is 0 Å². The topological polar surface area (TPSA) is 61.4 Å². The van der Waals surface area contributed by atoms with E-state index in [4.69, 9.17) is 9.73 Å². The molecule has 29 heavy (non-hydrogen) atoms. The van der Waals surface area contributed by atoms with Gasteiger partial charge in [0.15, 0.2) is 5.96 Å². The highest BCUT2D eigenvalue weighted by molar-refractivity contribution is 14.0. The molecule has 2 aromatic rings. The van der Waals surface area contributed by atoms with E-state index in [2.05, 4.69) is 22.5 Å². The molecular formula is C22H30FIN4O. The summed E-state index contributed by atoms with van der Waals surface area (Å²) < 4.78 is 19.6. The fourth-order valence-corrected chi connectivity index (χ4v) is 5.57. The first-order valence-electron chi connectivity index (χ1n) is 10.6. The molecule has 1 saturated heterocycles. The molecule has 2 aliphatic carbocycles. The number of hydrogen-bond donors (Lipinski definition) is 3. The van der Waals surface area contributed by atoms with Gasteiger partial charge in [0.2, 0.25) is 0 Å². The highest BCUT2D eigenvalue weighted by Crippen LogP contribution is 2.62. The van der Waals surface area contributed by atoms with Crippen LogP contribution >= 0.6 is 24.0 Å². The van der Waals surface area contributed by atoms with Crippen LogP contribution in [0, 0.1) is 17.2 Å². The Morgan fingerprint density at radius 1 is 1.38 bits per heavy atom. The van der Waals surface area contributed by atoms with E-state index in [-0.39, 0.29) is 29.8 Å². The average Bonchev–Trinajstić information content (AvgIpc) is 3.23. The number of fused-ring (bicyclic) bond motifs is 3. The molecular weight excluding hydrogens is 482 g/mol. The minimum atomic E-state index is -0.198. The number of nitrogens with zero attached hydrogens (tertiary/aromatic N) is 1. The van der Waals surface area contributed by atoms with Gasteiger partial charge in [0.25, 0.3) is 0 Å². The van der Waals surface area contributed by atoms with Crippen LogP contribution in [0.3, 0.4) is 0 Å². The lowest BCUT2D eigenvalue weighted by molar-refractivity contribution is -0.171. The van der Waals surface area contributed by atoms with Gasteiger partial charge >= 0.3 is 0 Å². The van der Waals surface area contributed by atoms with Crippen molar-refractivity contribution in [3.8, 4) is 0 Å². The number of benzene rings is 1. The molecule has 0 bridgehead atoms. The Morgan fingerprint density at radius 2 is 2.24 bits per heavy atom. The predicted molar refractivity (Wildman–Crippen MR) is 124 cm³/mol. The van der Waals surface area contributed by atoms with Crippen molar-refractivity contribution in [2.24, 2.45) is 16.3 Å². The van der Waals surface area contributed by atoms with Crippen LogP contribution in [0.25, 0.3) is 10.9 Å². The molecule has 0 radical (unpaired) electrons. The van der Waals surface area contributed by atoms with Gasteiger partial charge in [-0.05, 0) is 56.4 Å². The van der Waals surface area contributed by atoms with E-state index < -0.39 is 0 Å². The second kappa shape index (κ2) is 8.41. The van der Waals surface area contributed by atoms with Gasteiger partial charge in [-0.3, -0.25) is 4.99 Å². The van der Waals surface area contributed by atoms with E-state index in [1.807, 2.05) is 6.20 Å². The van der Waals surface area contributed by atoms with Gasteiger partial charge in [0, 0.05) is 54.2 Å². The Hall–Kier alpha value is -1.35. The molecule has 3 atom stereocenters. The smallest absolute Gasteiger partial charge is 0.191 e. The summed E-state index contributed by atoms with van der Waals surface area (Å²) in [5, 5.41) is 8.09. The maximum absolute atomic E-state index is 13.6. The summed E-state index contributed by atoms with van der Waals surface area (Å²) in [7, 11) is 0. The van der Waals surface area contributed by atoms with E-state index in [0.29, 0.717) is 30.0 Å². The van der Waals surface area contributed by atoms with Gasteiger partial charge in [-0.25, -0.2) is 4.39 Å². The number of aliphatic imine (C=N–C) groups is 1. The van der Waals surface area contributed by atoms with Crippen molar-refractivity contribution in [1.82, 2.24) is 15.6 Å². The van der Waals surface area contributed by atoms with Gasteiger partial charge in [-0.1, -0.05) is 6.42 Å². The summed E-state index contributed by atoms with van der Waals surface area (Å²) in [5.74, 6) is 1.33. The number of hydrogen-bond acceptors (Lipinski definition) is 2. The quantitative estimate of drug-likeness (QED) is 0.323. The van der Waals surface area contributed by atoms with Crippen molar-refractivity contribution in [1.29, 1.82) is 0 Å². The summed E-state index contributed by atoms with van der Waals surface area (Å²) in [6.45, 7) is 4.51. The van der Waals surface area contributed by atoms with Gasteiger partial charge in [0.05, 0.1) is 6.10 Å². The van der Waals surface area contributed by atoms with Crippen molar-refractivity contribution in [2.45, 2.75) is 51.2 Å². The molecule has 3 unspecified atom stereocenters. The highest BCUT2D eigenvalue weighted by atomic mass is 127. The maximum Gasteiger partial charge on any atom is 0.191 e. The van der Waals surface area contributed by atoms with Crippen LogP contribution in [-0.2, 0) is 11.2 Å². The molecule has 1 spiro atoms. The fourth-order valence-electron chi connectivity index (χ4n) is 5.57. The summed E-state index contributed by atoms with van der Waals surface area (Å²) in [6.07, 6.45) is 8.22. The standard InChI is InChI=1S/C22H29FN4O.HI/c1-2-24-21(27-19-16-7-11-28-20(16)22(19)8-3-9-22)25-10-6-14-13-26-18-5-4-15(23)12-17(14)18;/h4-5,12-13,16,19-20,26H,2-3,6-11H2,1H3,(H2,24,25,27);1H. The number of guanidine groups is 1. The molecule has 1 aromatic heterocycles. The number of ether oxygens (including phenoxy) is 1. The van der Waals surface area contributed by atoms with Crippen LogP contribution in [0.4, 0.5) is 4.39 Å². The summed E-state index contributed by atoms with van der Waals surface area (Å²) in [4.78, 5) is 8.04. The fraction of sp³-hybridized carbons (Fsp3) is 0.591. The normalized spacial score (nSPS) is 27.1. The zero-order valence-electron chi connectivity index (χ0n) is 16.8. The Balaban J connectivity index is 0.00000205. The Bertz CT molecular complexity index is 894. The third-order valence-corrected chi connectivity index (χ3v) is 7.05. The zero-order chi connectivity index (χ0) is 19.1. The lowest BCUT2D eigenvalue weighted by atomic mass is 9.46. The Labute approximate surface area is 188 Å². The maximum atomic E-state index is 13.6. The van der Waals surface area contributed by atoms with Crippen LogP contribution in [0.2, 0.25) is 0 Å². The number of aromatic amines is 1. The van der Waals surface area contributed by atoms with Gasteiger partial charge in [0.1, 0.15) is 5.82 Å². The average molecular weight is 512 g/mol. The molecule has 158 valence electrons. The third-order valence-electron chi connectivity index (χ3n) is 7.05. The molecule has 5 rings (SSSR count). The predicted octanol–water partition coefficient (Wildman–Crippen LogP) is 3.98. The van der Waals surface area contributed by atoms with E-state index in [1.165, 1.54) is 25.3 Å². The van der Waals surface area contributed by atoms with Gasteiger partial charge < -0.3 is 20.4 Å². The number of aromatic nitrogens is 1. The highest BCUT2D eigenvalue weighted by Gasteiger charge is 2.66. The second-order valence-electron chi connectivity index (χ2n) is 8.47. The van der Waals surface area contributed by atoms with Gasteiger partial charge in [-0.2, -0.15) is 0 Å². The first kappa shape index (κ1) is 20.9. The largest absolute Gasteiger partial charge is 0.377 e. The van der Waals surface area contributed by atoms with Crippen LogP contribution in [-0.4, -0.2) is 42.8 Å². The minimum absolute atomic E-state index is 0. The molecule has 3 N–H and O–H groups in total. The molecule has 1 aromatic carbocycles. The Kier molecular flexibility index (Phi) is 6.06. The number of nitrogens with one attached hydrogen (secondary N) is 3. The van der Waals surface area contributed by atoms with E-state index in [9.17, 15) is 4.39 Å². The van der Waals surface area contributed by atoms with Crippen LogP contribution in [0.15, 0.2) is 29.4 Å². The molecule has 1 aliphatic heterocycles. The minimum Gasteiger partial charge on any atom is -0.377 e. The van der Waals surface area contributed by atoms with E-state index in [0.717, 1.165) is 48.4 Å². The summed E-state index contributed by atoms with van der Waals surface area (Å²) >= 11 is 0. The van der Waals surface area contributed by atoms with Crippen molar-refractivity contribution < 1.29 is 9.13 Å². The lowest BCUT2D eigenvalue weighted by Gasteiger charge is -2.63. The van der Waals surface area contributed by atoms with Crippen molar-refractivity contribution >= 4 is 40.8 Å². The van der Waals surface area contributed by atoms with Crippen LogP contribution in [0.5, 0.6) is 0 Å². The van der Waals surface area contributed by atoms with Crippen LogP contribution < -0.4 is 10.6 Å². The third kappa shape index (κ3) is 3.54. The first-order valence-corrected chi connectivity index (χ1v) is 10.6. The number of H-pyrrole nitrogens is 1. The molecule has 2 saturated carbocycles. The van der Waals surface area contributed by atoms with Crippen molar-refractivity contribution in [2.75, 3.05) is 19.7 Å². The molecule has 7 heteroatoms. The van der Waals surface area contributed by atoms with Crippen LogP contribution in [0.1, 0.15) is 38.2 Å². The van der Waals surface area contributed by atoms with E-state index >= 15 is 0 Å².